The lowest BCUT2D eigenvalue weighted by molar-refractivity contribution is -0.140. The standard InChI is InChI=1S/C13H17BrFNO4S/c1-3-8(2)12(13(17)18)16-21(19,20)7-9-4-5-10(14)11(15)6-9/h4-6,8,12,16H,3,7H2,1-2H3,(H,17,18)/t8-,12-/m0/s1. The average molecular weight is 382 g/mol. The molecule has 2 N–H and O–H groups in total. The third-order valence-corrected chi connectivity index (χ3v) is 5.10. The monoisotopic (exact) mass is 381 g/mol. The maximum absolute atomic E-state index is 13.4. The van der Waals surface area contributed by atoms with Crippen molar-refractivity contribution in [2.45, 2.75) is 32.1 Å². The van der Waals surface area contributed by atoms with Gasteiger partial charge in [0.15, 0.2) is 0 Å². The first kappa shape index (κ1) is 18.1. The fraction of sp³-hybridized carbons (Fsp3) is 0.462. The van der Waals surface area contributed by atoms with E-state index >= 15 is 0 Å². The molecule has 21 heavy (non-hydrogen) atoms. The van der Waals surface area contributed by atoms with Crippen molar-refractivity contribution in [3.63, 3.8) is 0 Å². The third-order valence-electron chi connectivity index (χ3n) is 3.13. The van der Waals surface area contributed by atoms with Gasteiger partial charge in [-0.3, -0.25) is 4.79 Å². The van der Waals surface area contributed by atoms with Crippen LogP contribution >= 0.6 is 15.9 Å². The molecule has 0 bridgehead atoms. The van der Waals surface area contributed by atoms with Crippen molar-refractivity contribution in [3.05, 3.63) is 34.1 Å². The van der Waals surface area contributed by atoms with Gasteiger partial charge < -0.3 is 5.11 Å². The molecule has 8 heteroatoms. The summed E-state index contributed by atoms with van der Waals surface area (Å²) in [6.07, 6.45) is 0.520. The highest BCUT2D eigenvalue weighted by Crippen LogP contribution is 2.18. The van der Waals surface area contributed by atoms with Crippen molar-refractivity contribution in [1.82, 2.24) is 4.72 Å². The lowest BCUT2D eigenvalue weighted by Gasteiger charge is -2.20. The van der Waals surface area contributed by atoms with Gasteiger partial charge in [-0.2, -0.15) is 0 Å². The Kier molecular flexibility index (Phi) is 6.30. The predicted octanol–water partition coefficient (Wildman–Crippen LogP) is 2.51. The second-order valence-corrected chi connectivity index (χ2v) is 7.44. The molecule has 0 aliphatic carbocycles. The molecule has 0 aliphatic heterocycles. The zero-order valence-corrected chi connectivity index (χ0v) is 14.0. The van der Waals surface area contributed by atoms with Gasteiger partial charge in [0.05, 0.1) is 10.2 Å². The van der Waals surface area contributed by atoms with E-state index in [0.29, 0.717) is 6.42 Å². The fourth-order valence-electron chi connectivity index (χ4n) is 1.73. The predicted molar refractivity (Wildman–Crippen MR) is 80.7 cm³/mol. The third kappa shape index (κ3) is 5.37. The van der Waals surface area contributed by atoms with Crippen LogP contribution in [0.5, 0.6) is 0 Å². The molecule has 0 fully saturated rings. The van der Waals surface area contributed by atoms with Crippen molar-refractivity contribution >= 4 is 31.9 Å². The summed E-state index contributed by atoms with van der Waals surface area (Å²) < 4.78 is 39.8. The maximum atomic E-state index is 13.4. The number of rotatable bonds is 7. The highest BCUT2D eigenvalue weighted by atomic mass is 79.9. The van der Waals surface area contributed by atoms with Gasteiger partial charge in [-0.05, 0) is 39.5 Å². The molecule has 5 nitrogen and oxygen atoms in total. The molecule has 0 amide bonds. The number of nitrogens with one attached hydrogen (secondary N) is 1. The van der Waals surface area contributed by atoms with Crippen molar-refractivity contribution in [1.29, 1.82) is 0 Å². The molecule has 0 heterocycles. The number of halogens is 2. The first-order valence-corrected chi connectivity index (χ1v) is 8.77. The summed E-state index contributed by atoms with van der Waals surface area (Å²) in [6.45, 7) is 3.43. The maximum Gasteiger partial charge on any atom is 0.322 e. The van der Waals surface area contributed by atoms with Crippen molar-refractivity contribution in [2.75, 3.05) is 0 Å². The summed E-state index contributed by atoms with van der Waals surface area (Å²) in [6, 6.07) is 2.78. The fourth-order valence-corrected chi connectivity index (χ4v) is 3.40. The van der Waals surface area contributed by atoms with Crippen molar-refractivity contribution < 1.29 is 22.7 Å². The molecule has 0 aliphatic rings. The summed E-state index contributed by atoms with van der Waals surface area (Å²) >= 11 is 2.98. The van der Waals surface area contributed by atoms with E-state index in [1.807, 2.05) is 0 Å². The van der Waals surface area contributed by atoms with Crippen LogP contribution in [-0.2, 0) is 20.6 Å². The molecule has 1 aromatic carbocycles. The van der Waals surface area contributed by atoms with Gasteiger partial charge in [0, 0.05) is 0 Å². The number of carboxylic acids is 1. The van der Waals surface area contributed by atoms with Crippen LogP contribution in [0.25, 0.3) is 0 Å². The summed E-state index contributed by atoms with van der Waals surface area (Å²) in [7, 11) is -3.88. The molecule has 0 unspecified atom stereocenters. The van der Waals surface area contributed by atoms with E-state index in [2.05, 4.69) is 20.7 Å². The minimum atomic E-state index is -3.88. The molecule has 0 saturated heterocycles. The molecular formula is C13H17BrFNO4S. The smallest absolute Gasteiger partial charge is 0.322 e. The Labute approximate surface area is 131 Å². The number of hydrogen-bond donors (Lipinski definition) is 2. The summed E-state index contributed by atoms with van der Waals surface area (Å²) in [5, 5.41) is 9.09. The van der Waals surface area contributed by atoms with E-state index in [4.69, 9.17) is 5.11 Å². The van der Waals surface area contributed by atoms with Crippen LogP contribution in [0.1, 0.15) is 25.8 Å². The zero-order chi connectivity index (χ0) is 16.2. The summed E-state index contributed by atoms with van der Waals surface area (Å²) in [4.78, 5) is 11.1. The largest absolute Gasteiger partial charge is 0.480 e. The highest BCUT2D eigenvalue weighted by Gasteiger charge is 2.28. The van der Waals surface area contributed by atoms with Crippen LogP contribution in [0.3, 0.4) is 0 Å². The molecule has 0 spiro atoms. The Balaban J connectivity index is 2.90. The lowest BCUT2D eigenvalue weighted by Crippen LogP contribution is -2.45. The van der Waals surface area contributed by atoms with Crippen LogP contribution in [0, 0.1) is 11.7 Å². The van der Waals surface area contributed by atoms with Crippen LogP contribution in [0.4, 0.5) is 4.39 Å². The molecule has 0 saturated carbocycles. The molecule has 0 radical (unpaired) electrons. The minimum Gasteiger partial charge on any atom is -0.480 e. The first-order valence-electron chi connectivity index (χ1n) is 6.33. The van der Waals surface area contributed by atoms with Gasteiger partial charge >= 0.3 is 5.97 Å². The average Bonchev–Trinajstić information content (AvgIpc) is 2.39. The molecule has 1 rings (SSSR count). The van der Waals surface area contributed by atoms with E-state index in [1.165, 1.54) is 12.1 Å². The van der Waals surface area contributed by atoms with E-state index in [0.717, 1.165) is 6.07 Å². The number of aliphatic carboxylic acids is 1. The van der Waals surface area contributed by atoms with E-state index < -0.39 is 33.6 Å². The number of benzene rings is 1. The normalized spacial score (nSPS) is 14.7. The minimum absolute atomic E-state index is 0.236. The molecule has 118 valence electrons. The first-order chi connectivity index (χ1) is 9.66. The van der Waals surface area contributed by atoms with Gasteiger partial charge in [-0.25, -0.2) is 17.5 Å². The topological polar surface area (TPSA) is 83.5 Å². The Morgan fingerprint density at radius 2 is 2.10 bits per heavy atom. The van der Waals surface area contributed by atoms with Crippen LogP contribution < -0.4 is 4.72 Å². The second-order valence-electron chi connectivity index (χ2n) is 4.83. The van der Waals surface area contributed by atoms with Crippen LogP contribution in [0.2, 0.25) is 0 Å². The number of sulfonamides is 1. The summed E-state index contributed by atoms with van der Waals surface area (Å²) in [5.41, 5.74) is 0.247. The van der Waals surface area contributed by atoms with E-state index in [1.54, 1.807) is 13.8 Å². The Morgan fingerprint density at radius 1 is 1.48 bits per heavy atom. The number of carbonyl (C=O) groups is 1. The quantitative estimate of drug-likeness (QED) is 0.759. The Bertz CT molecular complexity index is 621. The molecular weight excluding hydrogens is 365 g/mol. The second kappa shape index (κ2) is 7.33. The van der Waals surface area contributed by atoms with E-state index in [9.17, 15) is 17.6 Å². The molecule has 1 aromatic rings. The molecule has 0 aromatic heterocycles. The van der Waals surface area contributed by atoms with Gasteiger partial charge in [0.1, 0.15) is 11.9 Å². The number of carboxylic acid groups (broad SMARTS) is 1. The van der Waals surface area contributed by atoms with Gasteiger partial charge in [-0.15, -0.1) is 0 Å². The summed E-state index contributed by atoms with van der Waals surface area (Å²) in [5.74, 6) is -2.62. The van der Waals surface area contributed by atoms with Crippen molar-refractivity contribution in [3.8, 4) is 0 Å². The van der Waals surface area contributed by atoms with E-state index in [-0.39, 0.29) is 16.0 Å². The van der Waals surface area contributed by atoms with Gasteiger partial charge in [0.2, 0.25) is 10.0 Å². The highest BCUT2D eigenvalue weighted by molar-refractivity contribution is 9.10. The van der Waals surface area contributed by atoms with Gasteiger partial charge in [0.25, 0.3) is 0 Å². The lowest BCUT2D eigenvalue weighted by atomic mass is 10.0. The number of hydrogen-bond acceptors (Lipinski definition) is 3. The van der Waals surface area contributed by atoms with Crippen LogP contribution in [0.15, 0.2) is 22.7 Å². The van der Waals surface area contributed by atoms with Gasteiger partial charge in [-0.1, -0.05) is 26.3 Å². The zero-order valence-electron chi connectivity index (χ0n) is 11.6. The molecule has 2 atom stereocenters. The Morgan fingerprint density at radius 3 is 2.57 bits per heavy atom. The van der Waals surface area contributed by atoms with Crippen molar-refractivity contribution in [2.24, 2.45) is 5.92 Å². The Hall–Kier alpha value is -0.990. The SMILES string of the molecule is CC[C@H](C)[C@H](NS(=O)(=O)Cc1ccc(Br)c(F)c1)C(=O)O. The van der Waals surface area contributed by atoms with Crippen LogP contribution in [-0.4, -0.2) is 25.5 Å².